The van der Waals surface area contributed by atoms with Crippen molar-refractivity contribution < 1.29 is 14.0 Å². The average molecular weight is 430 g/mol. The molecule has 0 saturated heterocycles. The van der Waals surface area contributed by atoms with Crippen molar-refractivity contribution in [3.8, 4) is 0 Å². The van der Waals surface area contributed by atoms with E-state index in [9.17, 15) is 9.59 Å². The highest BCUT2D eigenvalue weighted by atomic mass is 32.2. The number of hydrogen-bond donors (Lipinski definition) is 2. The van der Waals surface area contributed by atoms with Crippen molar-refractivity contribution in [2.45, 2.75) is 37.5 Å². The van der Waals surface area contributed by atoms with Gasteiger partial charge in [-0.1, -0.05) is 23.9 Å². The number of aromatic nitrogens is 3. The summed E-state index contributed by atoms with van der Waals surface area (Å²) in [5.74, 6) is 0.127. The van der Waals surface area contributed by atoms with Crippen LogP contribution in [0.15, 0.2) is 39.3 Å². The van der Waals surface area contributed by atoms with E-state index in [1.165, 1.54) is 0 Å². The van der Waals surface area contributed by atoms with Crippen LogP contribution in [0.5, 0.6) is 0 Å². The summed E-state index contributed by atoms with van der Waals surface area (Å²) in [6.45, 7) is 1.94. The minimum Gasteiger partial charge on any atom is -0.416 e. The van der Waals surface area contributed by atoms with Gasteiger partial charge in [-0.25, -0.2) is 4.98 Å². The summed E-state index contributed by atoms with van der Waals surface area (Å²) >= 11 is 2.72. The van der Waals surface area contributed by atoms with Gasteiger partial charge in [0.1, 0.15) is 0 Å². The van der Waals surface area contributed by atoms with Gasteiger partial charge in [-0.3, -0.25) is 9.59 Å². The maximum Gasteiger partial charge on any atom is 0.277 e. The minimum atomic E-state index is -0.253. The molecule has 1 saturated carbocycles. The maximum absolute atomic E-state index is 12.3. The van der Waals surface area contributed by atoms with E-state index in [-0.39, 0.29) is 23.6 Å². The highest BCUT2D eigenvalue weighted by molar-refractivity contribution is 7.99. The summed E-state index contributed by atoms with van der Waals surface area (Å²) in [7, 11) is 0. The average Bonchev–Trinajstić information content (AvgIpc) is 3.24. The van der Waals surface area contributed by atoms with Crippen molar-refractivity contribution in [2.24, 2.45) is 0 Å². The smallest absolute Gasteiger partial charge is 0.277 e. The lowest BCUT2D eigenvalue weighted by molar-refractivity contribution is -0.113. The number of thioether (sulfide) groups is 1. The van der Waals surface area contributed by atoms with Gasteiger partial charge in [0.25, 0.3) is 11.1 Å². The summed E-state index contributed by atoms with van der Waals surface area (Å²) in [5.41, 5.74) is 1.82. The molecule has 0 unspecified atom stereocenters. The molecule has 2 aromatic heterocycles. The summed E-state index contributed by atoms with van der Waals surface area (Å²) < 4.78 is 5.57. The Morgan fingerprint density at radius 1 is 1.28 bits per heavy atom. The minimum absolute atomic E-state index is 0.0933. The molecule has 10 heteroatoms. The molecule has 0 bridgehead atoms. The van der Waals surface area contributed by atoms with Crippen LogP contribution in [-0.4, -0.2) is 38.8 Å². The number of rotatable bonds is 8. The van der Waals surface area contributed by atoms with Crippen molar-refractivity contribution in [3.63, 3.8) is 0 Å². The van der Waals surface area contributed by atoms with Gasteiger partial charge in [0.2, 0.25) is 11.8 Å². The molecule has 0 aliphatic heterocycles. The lowest BCUT2D eigenvalue weighted by Crippen LogP contribution is -2.27. The van der Waals surface area contributed by atoms with E-state index in [4.69, 9.17) is 4.42 Å². The van der Waals surface area contributed by atoms with Crippen LogP contribution in [0.2, 0.25) is 0 Å². The molecule has 4 rings (SSSR count). The largest absolute Gasteiger partial charge is 0.416 e. The van der Waals surface area contributed by atoms with Gasteiger partial charge in [-0.05, 0) is 31.9 Å². The molecule has 2 N–H and O–H groups in total. The Balaban J connectivity index is 1.31. The van der Waals surface area contributed by atoms with Crippen molar-refractivity contribution in [1.82, 2.24) is 20.5 Å². The molecule has 2 heterocycles. The van der Waals surface area contributed by atoms with Crippen LogP contribution in [0.3, 0.4) is 0 Å². The standard InChI is InChI=1S/C19H19N5O3S2/c1-11-20-13(9-28-11)8-17-23-24-19(27-17)29-10-16(25)22-15-5-3-2-4-14(15)18(26)21-12-6-7-12/h2-5,9,12H,6-8,10H2,1H3,(H,21,26)(H,22,25). The third-order valence-electron chi connectivity index (χ3n) is 4.13. The molecule has 150 valence electrons. The normalized spacial score (nSPS) is 13.3. The van der Waals surface area contributed by atoms with Crippen LogP contribution >= 0.6 is 23.1 Å². The van der Waals surface area contributed by atoms with E-state index in [2.05, 4.69) is 25.8 Å². The zero-order chi connectivity index (χ0) is 20.2. The highest BCUT2D eigenvalue weighted by Crippen LogP contribution is 2.22. The fourth-order valence-electron chi connectivity index (χ4n) is 2.61. The molecule has 1 aliphatic rings. The lowest BCUT2D eigenvalue weighted by atomic mass is 10.1. The highest BCUT2D eigenvalue weighted by Gasteiger charge is 2.25. The number of amides is 2. The van der Waals surface area contributed by atoms with Crippen LogP contribution < -0.4 is 10.6 Å². The van der Waals surface area contributed by atoms with Crippen molar-refractivity contribution in [2.75, 3.05) is 11.1 Å². The van der Waals surface area contributed by atoms with E-state index in [1.807, 2.05) is 12.3 Å². The van der Waals surface area contributed by atoms with Gasteiger partial charge in [-0.2, -0.15) is 0 Å². The molecule has 8 nitrogen and oxygen atoms in total. The molecule has 0 radical (unpaired) electrons. The zero-order valence-electron chi connectivity index (χ0n) is 15.7. The van der Waals surface area contributed by atoms with Crippen LogP contribution in [0.1, 0.15) is 39.8 Å². The van der Waals surface area contributed by atoms with Gasteiger partial charge in [0.05, 0.1) is 34.1 Å². The number of nitrogens with zero attached hydrogens (tertiary/aromatic N) is 3. The molecular weight excluding hydrogens is 410 g/mol. The lowest BCUT2D eigenvalue weighted by Gasteiger charge is -2.10. The number of carbonyl (C=O) groups is 2. The van der Waals surface area contributed by atoms with Crippen LogP contribution in [-0.2, 0) is 11.2 Å². The molecule has 1 aliphatic carbocycles. The topological polar surface area (TPSA) is 110 Å². The van der Waals surface area contributed by atoms with E-state index in [0.717, 1.165) is 35.3 Å². The molecule has 1 fully saturated rings. The summed E-state index contributed by atoms with van der Waals surface area (Å²) in [5, 5.41) is 16.9. The number of anilines is 1. The molecule has 2 amide bonds. The summed E-state index contributed by atoms with van der Waals surface area (Å²) in [6, 6.07) is 7.22. The fraction of sp³-hybridized carbons (Fsp3) is 0.316. The number of carbonyl (C=O) groups excluding carboxylic acids is 2. The van der Waals surface area contributed by atoms with Crippen LogP contribution in [0.25, 0.3) is 0 Å². The van der Waals surface area contributed by atoms with Gasteiger partial charge >= 0.3 is 0 Å². The Kier molecular flexibility index (Phi) is 5.91. The number of benzene rings is 1. The second-order valence-corrected chi connectivity index (χ2v) is 8.62. The summed E-state index contributed by atoms with van der Waals surface area (Å²) in [4.78, 5) is 29.0. The van der Waals surface area contributed by atoms with Gasteiger partial charge in [0.15, 0.2) is 0 Å². The second-order valence-electron chi connectivity index (χ2n) is 6.63. The number of thiazole rings is 1. The third kappa shape index (κ3) is 5.42. The molecule has 29 heavy (non-hydrogen) atoms. The Morgan fingerprint density at radius 3 is 2.86 bits per heavy atom. The molecule has 0 atom stereocenters. The van der Waals surface area contributed by atoms with E-state index in [1.54, 1.807) is 35.6 Å². The quantitative estimate of drug-likeness (QED) is 0.530. The summed E-state index contributed by atoms with van der Waals surface area (Å²) in [6.07, 6.45) is 2.48. The molecule has 3 aromatic rings. The number of nitrogens with one attached hydrogen (secondary N) is 2. The first-order valence-corrected chi connectivity index (χ1v) is 11.0. The Labute approximate surface area is 175 Å². The second kappa shape index (κ2) is 8.75. The van der Waals surface area contributed by atoms with Gasteiger partial charge in [0, 0.05) is 11.4 Å². The number of aryl methyl sites for hydroxylation is 1. The van der Waals surface area contributed by atoms with Gasteiger partial charge < -0.3 is 15.1 Å². The zero-order valence-corrected chi connectivity index (χ0v) is 17.3. The first kappa shape index (κ1) is 19.6. The number of hydrogen-bond acceptors (Lipinski definition) is 8. The molecular formula is C19H19N5O3S2. The van der Waals surface area contributed by atoms with Crippen molar-refractivity contribution in [3.05, 3.63) is 51.8 Å². The Morgan fingerprint density at radius 2 is 2.10 bits per heavy atom. The van der Waals surface area contributed by atoms with Gasteiger partial charge in [-0.15, -0.1) is 21.5 Å². The predicted molar refractivity (Wildman–Crippen MR) is 110 cm³/mol. The van der Waals surface area contributed by atoms with E-state index >= 15 is 0 Å². The monoisotopic (exact) mass is 429 g/mol. The molecule has 0 spiro atoms. The Bertz CT molecular complexity index is 1030. The van der Waals surface area contributed by atoms with Crippen molar-refractivity contribution in [1.29, 1.82) is 0 Å². The first-order chi connectivity index (χ1) is 14.1. The SMILES string of the molecule is Cc1nc(Cc2nnc(SCC(=O)Nc3ccccc3C(=O)NC3CC3)o2)cs1. The number of para-hydroxylation sites is 1. The first-order valence-electron chi connectivity index (χ1n) is 9.13. The molecule has 1 aromatic carbocycles. The fourth-order valence-corrected chi connectivity index (χ4v) is 3.80. The van der Waals surface area contributed by atoms with Crippen molar-refractivity contribution >= 4 is 40.6 Å². The maximum atomic E-state index is 12.3. The predicted octanol–water partition coefficient (Wildman–Crippen LogP) is 3.05. The third-order valence-corrected chi connectivity index (χ3v) is 5.77. The van der Waals surface area contributed by atoms with E-state index < -0.39 is 0 Å². The van der Waals surface area contributed by atoms with Crippen LogP contribution in [0, 0.1) is 6.92 Å². The Hall–Kier alpha value is -2.72. The van der Waals surface area contributed by atoms with Crippen LogP contribution in [0.4, 0.5) is 5.69 Å². The van der Waals surface area contributed by atoms with E-state index in [0.29, 0.717) is 28.8 Å².